The molecule has 1 fully saturated rings. The van der Waals surface area contributed by atoms with E-state index in [9.17, 15) is 4.79 Å². The largest absolute Gasteiger partial charge is 0.494 e. The van der Waals surface area contributed by atoms with Crippen molar-refractivity contribution in [3.05, 3.63) is 24.3 Å². The maximum absolute atomic E-state index is 12.1. The minimum absolute atomic E-state index is 0.106. The fourth-order valence-electron chi connectivity index (χ4n) is 2.21. The number of benzene rings is 1. The molecular weight excluding hydrogens is 280 g/mol. The number of hydrogen-bond donors (Lipinski definition) is 1. The molecule has 1 aromatic rings. The van der Waals surface area contributed by atoms with Crippen LogP contribution in [0.15, 0.2) is 24.3 Å². The van der Waals surface area contributed by atoms with Crippen LogP contribution in [-0.2, 0) is 9.53 Å². The van der Waals surface area contributed by atoms with Crippen LogP contribution in [0.4, 0.5) is 5.69 Å². The van der Waals surface area contributed by atoms with Crippen LogP contribution in [0.5, 0.6) is 5.75 Å². The maximum atomic E-state index is 12.1. The van der Waals surface area contributed by atoms with E-state index in [1.165, 1.54) is 0 Å². The third-order valence-electron chi connectivity index (χ3n) is 3.61. The SMILES string of the molecule is CC(C)CCOc1cccc(NCC(=O)N2CCOCC2)c1. The first-order valence-electron chi connectivity index (χ1n) is 7.97. The van der Waals surface area contributed by atoms with Gasteiger partial charge in [0.15, 0.2) is 0 Å². The van der Waals surface area contributed by atoms with Crippen molar-refractivity contribution in [2.75, 3.05) is 44.8 Å². The highest BCUT2D eigenvalue weighted by molar-refractivity contribution is 5.81. The van der Waals surface area contributed by atoms with Crippen molar-refractivity contribution in [1.29, 1.82) is 0 Å². The third-order valence-corrected chi connectivity index (χ3v) is 3.61. The van der Waals surface area contributed by atoms with Crippen LogP contribution in [0.3, 0.4) is 0 Å². The van der Waals surface area contributed by atoms with Gasteiger partial charge in [0.05, 0.1) is 26.4 Å². The number of nitrogens with one attached hydrogen (secondary N) is 1. The molecule has 1 saturated heterocycles. The van der Waals surface area contributed by atoms with Gasteiger partial charge in [-0.25, -0.2) is 0 Å². The second kappa shape index (κ2) is 8.63. The molecule has 1 N–H and O–H groups in total. The molecule has 5 heteroatoms. The predicted molar refractivity (Wildman–Crippen MR) is 87.3 cm³/mol. The Hall–Kier alpha value is -1.75. The minimum Gasteiger partial charge on any atom is -0.494 e. The monoisotopic (exact) mass is 306 g/mol. The molecule has 1 aliphatic heterocycles. The summed E-state index contributed by atoms with van der Waals surface area (Å²) in [6.07, 6.45) is 1.03. The van der Waals surface area contributed by atoms with Gasteiger partial charge in [-0.3, -0.25) is 4.79 Å². The molecule has 0 bridgehead atoms. The fraction of sp³-hybridized carbons (Fsp3) is 0.588. The van der Waals surface area contributed by atoms with Crippen LogP contribution >= 0.6 is 0 Å². The molecule has 5 nitrogen and oxygen atoms in total. The second-order valence-corrected chi connectivity index (χ2v) is 5.91. The first-order chi connectivity index (χ1) is 10.6. The molecule has 0 aliphatic carbocycles. The van der Waals surface area contributed by atoms with E-state index < -0.39 is 0 Å². The van der Waals surface area contributed by atoms with E-state index in [1.54, 1.807) is 0 Å². The van der Waals surface area contributed by atoms with Gasteiger partial charge in [0, 0.05) is 24.8 Å². The second-order valence-electron chi connectivity index (χ2n) is 5.91. The Kier molecular flexibility index (Phi) is 6.52. The Morgan fingerprint density at radius 1 is 1.36 bits per heavy atom. The highest BCUT2D eigenvalue weighted by Gasteiger charge is 2.16. The number of ether oxygens (including phenoxy) is 2. The molecule has 1 amide bonds. The Morgan fingerprint density at radius 2 is 2.14 bits per heavy atom. The summed E-state index contributed by atoms with van der Waals surface area (Å²) in [6, 6.07) is 7.76. The van der Waals surface area contributed by atoms with E-state index in [0.29, 0.717) is 45.4 Å². The van der Waals surface area contributed by atoms with Gasteiger partial charge in [-0.1, -0.05) is 19.9 Å². The first-order valence-corrected chi connectivity index (χ1v) is 7.97. The summed E-state index contributed by atoms with van der Waals surface area (Å²) >= 11 is 0. The Morgan fingerprint density at radius 3 is 2.86 bits per heavy atom. The molecule has 0 unspecified atom stereocenters. The molecule has 0 saturated carbocycles. The van der Waals surface area contributed by atoms with E-state index in [0.717, 1.165) is 17.9 Å². The molecular formula is C17H26N2O3. The third kappa shape index (κ3) is 5.56. The molecule has 1 heterocycles. The summed E-state index contributed by atoms with van der Waals surface area (Å²) in [5.41, 5.74) is 0.906. The average Bonchev–Trinajstić information content (AvgIpc) is 2.53. The van der Waals surface area contributed by atoms with Gasteiger partial charge in [0.2, 0.25) is 5.91 Å². The summed E-state index contributed by atoms with van der Waals surface area (Å²) in [4.78, 5) is 13.9. The molecule has 1 aliphatic rings. The zero-order valence-electron chi connectivity index (χ0n) is 13.5. The van der Waals surface area contributed by atoms with Crippen molar-refractivity contribution in [3.63, 3.8) is 0 Å². The van der Waals surface area contributed by atoms with Gasteiger partial charge in [-0.2, -0.15) is 0 Å². The van der Waals surface area contributed by atoms with Crippen molar-refractivity contribution in [3.8, 4) is 5.75 Å². The van der Waals surface area contributed by atoms with Crippen molar-refractivity contribution in [2.45, 2.75) is 20.3 Å². The zero-order valence-corrected chi connectivity index (χ0v) is 13.5. The van der Waals surface area contributed by atoms with Gasteiger partial charge >= 0.3 is 0 Å². The number of carbonyl (C=O) groups excluding carboxylic acids is 1. The Labute approximate surface area is 132 Å². The highest BCUT2D eigenvalue weighted by atomic mass is 16.5. The lowest BCUT2D eigenvalue weighted by Crippen LogP contribution is -2.43. The number of hydrogen-bond acceptors (Lipinski definition) is 4. The maximum Gasteiger partial charge on any atom is 0.242 e. The summed E-state index contributed by atoms with van der Waals surface area (Å²) in [7, 11) is 0. The van der Waals surface area contributed by atoms with Crippen molar-refractivity contribution in [1.82, 2.24) is 4.90 Å². The lowest BCUT2D eigenvalue weighted by Gasteiger charge is -2.27. The molecule has 0 aromatic heterocycles. The van der Waals surface area contributed by atoms with Gasteiger partial charge < -0.3 is 19.7 Å². The Balaban J connectivity index is 1.78. The minimum atomic E-state index is 0.106. The summed E-state index contributed by atoms with van der Waals surface area (Å²) in [5.74, 6) is 1.58. The normalized spacial score (nSPS) is 15.0. The molecule has 0 radical (unpaired) electrons. The molecule has 22 heavy (non-hydrogen) atoms. The van der Waals surface area contributed by atoms with E-state index in [-0.39, 0.29) is 5.91 Å². The number of amides is 1. The van der Waals surface area contributed by atoms with Crippen LogP contribution in [0, 0.1) is 5.92 Å². The summed E-state index contributed by atoms with van der Waals surface area (Å²) in [5, 5.41) is 3.17. The van der Waals surface area contributed by atoms with Gasteiger partial charge in [-0.15, -0.1) is 0 Å². The van der Waals surface area contributed by atoms with Crippen LogP contribution in [0.2, 0.25) is 0 Å². The van der Waals surface area contributed by atoms with E-state index >= 15 is 0 Å². The molecule has 2 rings (SSSR count). The predicted octanol–water partition coefficient (Wildman–Crippen LogP) is 2.38. The smallest absolute Gasteiger partial charge is 0.242 e. The molecule has 1 aromatic carbocycles. The van der Waals surface area contributed by atoms with Crippen molar-refractivity contribution in [2.24, 2.45) is 5.92 Å². The van der Waals surface area contributed by atoms with Crippen LogP contribution < -0.4 is 10.1 Å². The molecule has 0 spiro atoms. The van der Waals surface area contributed by atoms with Gasteiger partial charge in [0.25, 0.3) is 0 Å². The Bertz CT molecular complexity index is 471. The van der Waals surface area contributed by atoms with Crippen molar-refractivity contribution >= 4 is 11.6 Å². The fourth-order valence-corrected chi connectivity index (χ4v) is 2.21. The number of nitrogens with zero attached hydrogens (tertiary/aromatic N) is 1. The van der Waals surface area contributed by atoms with Crippen LogP contribution in [-0.4, -0.2) is 50.3 Å². The van der Waals surface area contributed by atoms with Crippen LogP contribution in [0.1, 0.15) is 20.3 Å². The number of morpholine rings is 1. The quantitative estimate of drug-likeness (QED) is 0.840. The number of anilines is 1. The topological polar surface area (TPSA) is 50.8 Å². The zero-order chi connectivity index (χ0) is 15.8. The van der Waals surface area contributed by atoms with E-state index in [1.807, 2.05) is 29.2 Å². The van der Waals surface area contributed by atoms with Gasteiger partial charge in [0.1, 0.15) is 5.75 Å². The van der Waals surface area contributed by atoms with Crippen molar-refractivity contribution < 1.29 is 14.3 Å². The van der Waals surface area contributed by atoms with Crippen LogP contribution in [0.25, 0.3) is 0 Å². The standard InChI is InChI=1S/C17H26N2O3/c1-14(2)6-9-22-16-5-3-4-15(12-16)18-13-17(20)19-7-10-21-11-8-19/h3-5,12,14,18H,6-11,13H2,1-2H3. The highest BCUT2D eigenvalue weighted by Crippen LogP contribution is 2.18. The number of rotatable bonds is 7. The van der Waals surface area contributed by atoms with Gasteiger partial charge in [-0.05, 0) is 24.5 Å². The molecule has 0 atom stereocenters. The lowest BCUT2D eigenvalue weighted by molar-refractivity contribution is -0.133. The lowest BCUT2D eigenvalue weighted by atomic mass is 10.1. The average molecular weight is 306 g/mol. The summed E-state index contributed by atoms with van der Waals surface area (Å²) in [6.45, 7) is 7.99. The number of carbonyl (C=O) groups is 1. The first kappa shape index (κ1) is 16.6. The van der Waals surface area contributed by atoms with E-state index in [2.05, 4.69) is 19.2 Å². The summed E-state index contributed by atoms with van der Waals surface area (Å²) < 4.78 is 11.0. The van der Waals surface area contributed by atoms with E-state index in [4.69, 9.17) is 9.47 Å². The molecule has 122 valence electrons.